The third-order valence-electron chi connectivity index (χ3n) is 2.03. The van der Waals surface area contributed by atoms with Crippen molar-refractivity contribution in [2.45, 2.75) is 0 Å². The summed E-state index contributed by atoms with van der Waals surface area (Å²) >= 11 is 0. The number of aromatic nitrogens is 1. The lowest BCUT2D eigenvalue weighted by atomic mass is 10.3. The summed E-state index contributed by atoms with van der Waals surface area (Å²) in [6, 6.07) is 5.80. The van der Waals surface area contributed by atoms with Crippen molar-refractivity contribution in [3.63, 3.8) is 0 Å². The molecule has 0 atom stereocenters. The van der Waals surface area contributed by atoms with E-state index in [1.54, 1.807) is 6.07 Å². The molecule has 0 unspecified atom stereocenters. The Bertz CT molecular complexity index is 558. The van der Waals surface area contributed by atoms with Gasteiger partial charge in [-0.25, -0.2) is 13.8 Å². The van der Waals surface area contributed by atoms with Crippen LogP contribution in [0, 0.1) is 11.6 Å². The van der Waals surface area contributed by atoms with Crippen molar-refractivity contribution < 1.29 is 18.3 Å². The second kappa shape index (κ2) is 4.69. The average Bonchev–Trinajstić information content (AvgIpc) is 2.34. The lowest BCUT2D eigenvalue weighted by Crippen LogP contribution is -1.95. The molecule has 1 heterocycles. The van der Waals surface area contributed by atoms with Crippen molar-refractivity contribution >= 4 is 6.29 Å². The molecule has 0 radical (unpaired) electrons. The van der Waals surface area contributed by atoms with Gasteiger partial charge in [-0.1, -0.05) is 0 Å². The fourth-order valence-corrected chi connectivity index (χ4v) is 1.24. The quantitative estimate of drug-likeness (QED) is 0.768. The molecule has 0 spiro atoms. The molecule has 0 aliphatic heterocycles. The van der Waals surface area contributed by atoms with Crippen molar-refractivity contribution in [1.82, 2.24) is 4.98 Å². The van der Waals surface area contributed by atoms with Crippen molar-refractivity contribution in [2.75, 3.05) is 0 Å². The maximum absolute atomic E-state index is 13.3. The van der Waals surface area contributed by atoms with Gasteiger partial charge < -0.3 is 4.74 Å². The third kappa shape index (κ3) is 2.44. The predicted octanol–water partition coefficient (Wildman–Crippen LogP) is 2.96. The van der Waals surface area contributed by atoms with Crippen LogP contribution in [0.2, 0.25) is 0 Å². The van der Waals surface area contributed by atoms with E-state index in [2.05, 4.69) is 4.98 Å². The molecule has 0 saturated heterocycles. The molecule has 0 amide bonds. The lowest BCUT2D eigenvalue weighted by molar-refractivity contribution is 0.112. The van der Waals surface area contributed by atoms with Crippen molar-refractivity contribution in [2.24, 2.45) is 0 Å². The molecule has 5 heteroatoms. The average molecular weight is 235 g/mol. The Morgan fingerprint density at radius 3 is 2.82 bits per heavy atom. The molecule has 3 nitrogen and oxygen atoms in total. The minimum absolute atomic E-state index is 0.0630. The Balaban J connectivity index is 2.37. The van der Waals surface area contributed by atoms with E-state index < -0.39 is 11.6 Å². The molecule has 2 aromatic rings. The van der Waals surface area contributed by atoms with Crippen LogP contribution in [0.15, 0.2) is 36.5 Å². The summed E-state index contributed by atoms with van der Waals surface area (Å²) in [6.07, 6.45) is 1.92. The van der Waals surface area contributed by atoms with E-state index in [1.807, 2.05) is 0 Å². The Morgan fingerprint density at radius 2 is 2.06 bits per heavy atom. The van der Waals surface area contributed by atoms with Gasteiger partial charge in [0.05, 0.1) is 5.56 Å². The molecule has 0 aliphatic rings. The summed E-state index contributed by atoms with van der Waals surface area (Å²) in [4.78, 5) is 14.5. The van der Waals surface area contributed by atoms with E-state index in [0.717, 1.165) is 18.2 Å². The first-order valence-electron chi connectivity index (χ1n) is 4.74. The van der Waals surface area contributed by atoms with Crippen molar-refractivity contribution in [3.05, 3.63) is 53.7 Å². The zero-order chi connectivity index (χ0) is 12.3. The van der Waals surface area contributed by atoms with Gasteiger partial charge in [0.1, 0.15) is 5.82 Å². The smallest absolute Gasteiger partial charge is 0.229 e. The number of pyridine rings is 1. The second-order valence-corrected chi connectivity index (χ2v) is 3.19. The highest BCUT2D eigenvalue weighted by molar-refractivity contribution is 5.78. The summed E-state index contributed by atoms with van der Waals surface area (Å²) in [6.45, 7) is 0. The molecule has 17 heavy (non-hydrogen) atoms. The van der Waals surface area contributed by atoms with Crippen LogP contribution < -0.4 is 4.74 Å². The van der Waals surface area contributed by atoms with E-state index in [0.29, 0.717) is 6.29 Å². The number of nitrogens with zero attached hydrogens (tertiary/aromatic N) is 1. The minimum atomic E-state index is -0.728. The Morgan fingerprint density at radius 1 is 1.24 bits per heavy atom. The van der Waals surface area contributed by atoms with Crippen LogP contribution in [0.4, 0.5) is 8.78 Å². The highest BCUT2D eigenvalue weighted by atomic mass is 19.1. The lowest BCUT2D eigenvalue weighted by Gasteiger charge is -2.07. The number of ether oxygens (including phenoxy) is 1. The molecule has 0 bridgehead atoms. The SMILES string of the molecule is O=Cc1cccnc1Oc1cc(F)ccc1F. The van der Waals surface area contributed by atoms with E-state index in [4.69, 9.17) is 4.74 Å². The molecular formula is C12H7F2NO2. The molecule has 1 aromatic carbocycles. The summed E-state index contributed by atoms with van der Waals surface area (Å²) < 4.78 is 31.2. The first kappa shape index (κ1) is 11.2. The van der Waals surface area contributed by atoms with Crippen LogP contribution >= 0.6 is 0 Å². The van der Waals surface area contributed by atoms with Gasteiger partial charge in [0.25, 0.3) is 0 Å². The van der Waals surface area contributed by atoms with Gasteiger partial charge in [-0.05, 0) is 24.3 Å². The zero-order valence-corrected chi connectivity index (χ0v) is 8.56. The maximum Gasteiger partial charge on any atom is 0.229 e. The van der Waals surface area contributed by atoms with Gasteiger partial charge in [0, 0.05) is 12.3 Å². The number of benzene rings is 1. The number of aldehydes is 1. The van der Waals surface area contributed by atoms with Crippen LogP contribution in [-0.2, 0) is 0 Å². The van der Waals surface area contributed by atoms with Gasteiger partial charge >= 0.3 is 0 Å². The number of carbonyl (C=O) groups is 1. The Labute approximate surface area is 95.7 Å². The van der Waals surface area contributed by atoms with Gasteiger partial charge in [-0.2, -0.15) is 0 Å². The van der Waals surface area contributed by atoms with Crippen LogP contribution in [-0.4, -0.2) is 11.3 Å². The summed E-state index contributed by atoms with van der Waals surface area (Å²) in [5.74, 6) is -1.74. The van der Waals surface area contributed by atoms with Gasteiger partial charge in [0.2, 0.25) is 5.88 Å². The number of rotatable bonds is 3. The number of halogens is 2. The molecule has 2 rings (SSSR count). The summed E-state index contributed by atoms with van der Waals surface area (Å²) in [7, 11) is 0. The van der Waals surface area contributed by atoms with E-state index in [-0.39, 0.29) is 17.2 Å². The fourth-order valence-electron chi connectivity index (χ4n) is 1.24. The van der Waals surface area contributed by atoms with E-state index >= 15 is 0 Å². The highest BCUT2D eigenvalue weighted by Crippen LogP contribution is 2.25. The van der Waals surface area contributed by atoms with Crippen LogP contribution in [0.25, 0.3) is 0 Å². The maximum atomic E-state index is 13.3. The van der Waals surface area contributed by atoms with Crippen LogP contribution in [0.5, 0.6) is 11.6 Å². The van der Waals surface area contributed by atoms with Gasteiger partial charge in [0.15, 0.2) is 17.9 Å². The molecule has 0 aliphatic carbocycles. The van der Waals surface area contributed by atoms with Crippen molar-refractivity contribution in [1.29, 1.82) is 0 Å². The molecule has 86 valence electrons. The minimum Gasteiger partial charge on any atom is -0.435 e. The fraction of sp³-hybridized carbons (Fsp3) is 0. The monoisotopic (exact) mass is 235 g/mol. The van der Waals surface area contributed by atoms with E-state index in [9.17, 15) is 13.6 Å². The number of hydrogen-bond donors (Lipinski definition) is 0. The Kier molecular flexibility index (Phi) is 3.09. The summed E-state index contributed by atoms with van der Waals surface area (Å²) in [5.41, 5.74) is 0.163. The van der Waals surface area contributed by atoms with E-state index in [1.165, 1.54) is 12.3 Å². The number of hydrogen-bond acceptors (Lipinski definition) is 3. The first-order valence-corrected chi connectivity index (χ1v) is 4.74. The second-order valence-electron chi connectivity index (χ2n) is 3.19. The largest absolute Gasteiger partial charge is 0.435 e. The summed E-state index contributed by atoms with van der Waals surface area (Å²) in [5, 5.41) is 0. The van der Waals surface area contributed by atoms with Crippen LogP contribution in [0.3, 0.4) is 0 Å². The predicted molar refractivity (Wildman–Crippen MR) is 56.1 cm³/mol. The standard InChI is InChI=1S/C12H7F2NO2/c13-9-3-4-10(14)11(6-9)17-12-8(7-16)2-1-5-15-12/h1-7H. The normalized spacial score (nSPS) is 10.0. The Hall–Kier alpha value is -2.30. The van der Waals surface area contributed by atoms with Gasteiger partial charge in [-0.15, -0.1) is 0 Å². The van der Waals surface area contributed by atoms with Crippen molar-refractivity contribution in [3.8, 4) is 11.6 Å². The highest BCUT2D eigenvalue weighted by Gasteiger charge is 2.10. The third-order valence-corrected chi connectivity index (χ3v) is 2.03. The first-order chi connectivity index (χ1) is 8.20. The van der Waals surface area contributed by atoms with Crippen LogP contribution in [0.1, 0.15) is 10.4 Å². The molecule has 1 aromatic heterocycles. The zero-order valence-electron chi connectivity index (χ0n) is 8.56. The topological polar surface area (TPSA) is 39.2 Å². The molecule has 0 saturated carbocycles. The number of carbonyl (C=O) groups excluding carboxylic acids is 1. The van der Waals surface area contributed by atoms with Gasteiger partial charge in [-0.3, -0.25) is 4.79 Å². The molecule has 0 N–H and O–H groups in total. The molecule has 0 fully saturated rings. The molecular weight excluding hydrogens is 228 g/mol.